The summed E-state index contributed by atoms with van der Waals surface area (Å²) in [7, 11) is 0.500. The Kier molecular flexibility index (Phi) is 14.3. The van der Waals surface area contributed by atoms with Crippen LogP contribution in [0.15, 0.2) is 85.2 Å². The molecule has 2 aromatic rings. The first kappa shape index (κ1) is 35.9. The Labute approximate surface area is 256 Å². The molecular weight excluding hydrogens is 546 g/mol. The molecule has 0 heterocycles. The molecule has 3 rings (SSSR count). The van der Waals surface area contributed by atoms with Crippen molar-refractivity contribution >= 4 is 11.7 Å². The Balaban J connectivity index is 0.00000316. The number of hydrogen-bond donors (Lipinski definition) is 4. The molecule has 236 valence electrons. The maximum atomic E-state index is 14.4. The molecule has 0 amide bonds. The summed E-state index contributed by atoms with van der Waals surface area (Å²) in [5, 5.41) is 28.0. The molecule has 1 fully saturated rings. The molecule has 1 saturated carbocycles. The number of aromatic carboxylic acids is 1. The smallest absolute Gasteiger partial charge is 0.335 e. The number of alkyl halides is 1. The van der Waals surface area contributed by atoms with E-state index >= 15 is 0 Å². The fraction of sp³-hybridized carbons (Fsp3) is 0.472. The molecule has 0 radical (unpaired) electrons. The fourth-order valence-electron chi connectivity index (χ4n) is 5.64. The molecule has 3 atom stereocenters. The van der Waals surface area contributed by atoms with E-state index in [1.807, 2.05) is 6.92 Å². The highest BCUT2D eigenvalue weighted by molar-refractivity contribution is 5.88. The van der Waals surface area contributed by atoms with Crippen LogP contribution in [-0.2, 0) is 11.0 Å². The second-order valence-corrected chi connectivity index (χ2v) is 12.4. The number of hydrogen-bond acceptors (Lipinski definition) is 4. The Morgan fingerprint density at radius 3 is 2.33 bits per heavy atom. The van der Waals surface area contributed by atoms with Crippen LogP contribution in [0.5, 0.6) is 0 Å². The summed E-state index contributed by atoms with van der Waals surface area (Å²) in [6, 6.07) is 14.9. The summed E-state index contributed by atoms with van der Waals surface area (Å²) < 4.78 is 23.9. The monoisotopic (exact) mass is 596 g/mol. The lowest BCUT2D eigenvalue weighted by atomic mass is 9.74. The van der Waals surface area contributed by atoms with Crippen molar-refractivity contribution in [1.29, 1.82) is 0 Å². The van der Waals surface area contributed by atoms with Crippen molar-refractivity contribution < 1.29 is 23.8 Å². The second-order valence-electron chi connectivity index (χ2n) is 12.4. The van der Waals surface area contributed by atoms with Crippen LogP contribution in [0, 0.1) is 5.92 Å². The minimum absolute atomic E-state index is 0.0381. The first-order valence-electron chi connectivity index (χ1n) is 15.1. The number of carboxylic acids is 1. The van der Waals surface area contributed by atoms with Crippen molar-refractivity contribution in [2.75, 3.05) is 19.0 Å². The van der Waals surface area contributed by atoms with Crippen LogP contribution in [-0.4, -0.2) is 42.1 Å². The molecule has 7 heteroatoms. The number of anilines is 1. The van der Waals surface area contributed by atoms with Crippen LogP contribution in [0.4, 0.5) is 14.5 Å². The summed E-state index contributed by atoms with van der Waals surface area (Å²) in [5.74, 6) is -1.51. The van der Waals surface area contributed by atoms with Gasteiger partial charge in [-0.3, -0.25) is 4.39 Å². The van der Waals surface area contributed by atoms with E-state index in [4.69, 9.17) is 0 Å². The zero-order valence-corrected chi connectivity index (χ0v) is 26.4. The highest BCUT2D eigenvalue weighted by atomic mass is 19.1. The summed E-state index contributed by atoms with van der Waals surface area (Å²) in [6.45, 7) is 12.5. The zero-order valence-electron chi connectivity index (χ0n) is 26.4. The van der Waals surface area contributed by atoms with E-state index in [9.17, 15) is 23.8 Å². The normalized spacial score (nSPS) is 17.3. The summed E-state index contributed by atoms with van der Waals surface area (Å²) >= 11 is 0. The Hall–Kier alpha value is -3.29. The van der Waals surface area contributed by atoms with Gasteiger partial charge < -0.3 is 20.8 Å². The fourth-order valence-corrected chi connectivity index (χ4v) is 5.64. The van der Waals surface area contributed by atoms with E-state index in [-0.39, 0.29) is 28.3 Å². The van der Waals surface area contributed by atoms with Crippen molar-refractivity contribution in [3.63, 3.8) is 0 Å². The quantitative estimate of drug-likeness (QED) is 0.174. The Morgan fingerprint density at radius 1 is 1.09 bits per heavy atom. The van der Waals surface area contributed by atoms with Gasteiger partial charge in [0.1, 0.15) is 5.83 Å². The van der Waals surface area contributed by atoms with Crippen LogP contribution < -0.4 is 10.6 Å². The average Bonchev–Trinajstić information content (AvgIpc) is 3.00. The van der Waals surface area contributed by atoms with Crippen LogP contribution >= 0.6 is 0 Å². The summed E-state index contributed by atoms with van der Waals surface area (Å²) in [5.41, 5.74) is 3.26. The molecule has 0 bridgehead atoms. The van der Waals surface area contributed by atoms with Crippen LogP contribution in [0.3, 0.4) is 0 Å². The molecule has 5 nitrogen and oxygen atoms in total. The van der Waals surface area contributed by atoms with Crippen molar-refractivity contribution in [2.24, 2.45) is 5.92 Å². The minimum atomic E-state index is -0.993. The van der Waals surface area contributed by atoms with E-state index in [0.29, 0.717) is 25.8 Å². The van der Waals surface area contributed by atoms with Gasteiger partial charge in [-0.15, -0.1) is 0 Å². The summed E-state index contributed by atoms with van der Waals surface area (Å²) in [6.07, 6.45) is 11.1. The third-order valence-electron chi connectivity index (χ3n) is 8.05. The molecule has 3 unspecified atom stereocenters. The van der Waals surface area contributed by atoms with E-state index in [1.54, 1.807) is 24.3 Å². The number of carboxylic acid groups (broad SMARTS) is 1. The molecule has 0 aromatic heterocycles. The van der Waals surface area contributed by atoms with Crippen LogP contribution in [0.1, 0.15) is 87.7 Å². The van der Waals surface area contributed by atoms with Crippen molar-refractivity contribution in [2.45, 2.75) is 89.3 Å². The van der Waals surface area contributed by atoms with Gasteiger partial charge in [0.2, 0.25) is 0 Å². The standard InChI is InChI=1S/C35H47FN2O3.CH3F/c1-6-7-14-29(36)21-25(2)22-31(38-30-17-15-26(16-18-30)33(40)41)32(39)24-37-35(19-9-8-10-20-35)28-13-11-12-27(23-28)34(3,4)5;1-2/h6-7,11-18,21,23,25,31-32,37-39H,1,8-10,19-20,22,24H2,2-5H3,(H,40,41);1H3/b14-7-,29-21+;. The molecule has 0 spiro atoms. The van der Waals surface area contributed by atoms with Crippen LogP contribution in [0.25, 0.3) is 0 Å². The third kappa shape index (κ3) is 11.0. The molecule has 0 aliphatic heterocycles. The summed E-state index contributed by atoms with van der Waals surface area (Å²) in [4.78, 5) is 11.3. The SMILES string of the molecule is C=C/C=C\C(F)=C/C(C)CC(Nc1ccc(C(=O)O)cc1)C(O)CNC1(c2cccc(C(C)(C)C)c2)CCCCC1.CF. The third-order valence-corrected chi connectivity index (χ3v) is 8.05. The van der Waals surface area contributed by atoms with Crippen molar-refractivity contribution in [3.05, 3.63) is 102 Å². The van der Waals surface area contributed by atoms with E-state index in [1.165, 1.54) is 41.8 Å². The van der Waals surface area contributed by atoms with Gasteiger partial charge in [-0.05, 0) is 78.1 Å². The number of nitrogens with one attached hydrogen (secondary N) is 2. The number of carbonyl (C=O) groups is 1. The highest BCUT2D eigenvalue weighted by Gasteiger charge is 2.35. The minimum Gasteiger partial charge on any atom is -0.478 e. The lowest BCUT2D eigenvalue weighted by molar-refractivity contribution is 0.0697. The first-order valence-corrected chi connectivity index (χ1v) is 15.1. The molecule has 0 saturated heterocycles. The molecular formula is C36H50F2N2O3. The molecule has 4 N–H and O–H groups in total. The predicted octanol–water partition coefficient (Wildman–Crippen LogP) is 8.48. The number of aliphatic hydroxyl groups excluding tert-OH is 1. The van der Waals surface area contributed by atoms with Gasteiger partial charge in [0.25, 0.3) is 0 Å². The molecule has 2 aromatic carbocycles. The second kappa shape index (κ2) is 17.1. The van der Waals surface area contributed by atoms with Gasteiger partial charge in [0, 0.05) is 17.8 Å². The number of benzene rings is 2. The van der Waals surface area contributed by atoms with Gasteiger partial charge in [0.15, 0.2) is 0 Å². The molecule has 43 heavy (non-hydrogen) atoms. The van der Waals surface area contributed by atoms with Gasteiger partial charge in [-0.2, -0.15) is 0 Å². The van der Waals surface area contributed by atoms with Crippen molar-refractivity contribution in [1.82, 2.24) is 5.32 Å². The predicted molar refractivity (Wildman–Crippen MR) is 174 cm³/mol. The van der Waals surface area contributed by atoms with Gasteiger partial charge >= 0.3 is 5.97 Å². The number of allylic oxidation sites excluding steroid dienone is 5. The Morgan fingerprint density at radius 2 is 1.74 bits per heavy atom. The van der Waals surface area contributed by atoms with Crippen LogP contribution in [0.2, 0.25) is 0 Å². The van der Waals surface area contributed by atoms with Gasteiger partial charge in [-0.25, -0.2) is 9.18 Å². The maximum absolute atomic E-state index is 14.4. The van der Waals surface area contributed by atoms with E-state index in [0.717, 1.165) is 25.7 Å². The molecule has 1 aliphatic rings. The van der Waals surface area contributed by atoms with Gasteiger partial charge in [-0.1, -0.05) is 90.0 Å². The first-order chi connectivity index (χ1) is 20.4. The lowest BCUT2D eigenvalue weighted by Gasteiger charge is -2.41. The Bertz CT molecular complexity index is 1210. The number of halogens is 2. The largest absolute Gasteiger partial charge is 0.478 e. The van der Waals surface area contributed by atoms with Gasteiger partial charge in [0.05, 0.1) is 24.9 Å². The molecule has 1 aliphatic carbocycles. The lowest BCUT2D eigenvalue weighted by Crippen LogP contribution is -2.50. The van der Waals surface area contributed by atoms with E-state index < -0.39 is 18.1 Å². The average molecular weight is 597 g/mol. The van der Waals surface area contributed by atoms with Crippen molar-refractivity contribution in [3.8, 4) is 0 Å². The number of rotatable bonds is 13. The zero-order chi connectivity index (χ0) is 32.0. The maximum Gasteiger partial charge on any atom is 0.335 e. The highest BCUT2D eigenvalue weighted by Crippen LogP contribution is 2.39. The topological polar surface area (TPSA) is 81.6 Å². The number of aliphatic hydroxyl groups is 1. The van der Waals surface area contributed by atoms with E-state index in [2.05, 4.69) is 62.2 Å².